The molecule has 1 aromatic rings. The summed E-state index contributed by atoms with van der Waals surface area (Å²) < 4.78 is 0. The lowest BCUT2D eigenvalue weighted by molar-refractivity contribution is 0.0944. The van der Waals surface area contributed by atoms with Gasteiger partial charge in [0.1, 0.15) is 0 Å². The topological polar surface area (TPSA) is 87.7 Å². The molecule has 3 aliphatic rings. The highest BCUT2D eigenvalue weighted by Crippen LogP contribution is 2.65. The molecule has 1 aromatic carbocycles. The van der Waals surface area contributed by atoms with E-state index in [-0.39, 0.29) is 11.7 Å². The molecular weight excluding hydrogens is 266 g/mol. The lowest BCUT2D eigenvalue weighted by Gasteiger charge is -2.11. The average Bonchev–Trinajstić information content (AvgIpc) is 2.91. The predicted molar refractivity (Wildman–Crippen MR) is 78.0 cm³/mol. The van der Waals surface area contributed by atoms with E-state index < -0.39 is 0 Å². The Morgan fingerprint density at radius 1 is 1.14 bits per heavy atom. The van der Waals surface area contributed by atoms with E-state index in [1.165, 1.54) is 19.3 Å². The molecule has 4 N–H and O–H groups in total. The summed E-state index contributed by atoms with van der Waals surface area (Å²) in [6, 6.07) is 7.22. The molecule has 3 saturated carbocycles. The standard InChI is InChI=1S/C16H19N3O2/c17-15(19-21)8-1-3-9(4-2-8)16(20)18-14-12-10-5-6-11(7-10)13(12)14/h1-4,10-14,21H,5-7H2,(H2,17,19)(H,18,20). The van der Waals surface area contributed by atoms with Crippen molar-refractivity contribution in [3.05, 3.63) is 35.4 Å². The highest BCUT2D eigenvalue weighted by molar-refractivity contribution is 5.99. The van der Waals surface area contributed by atoms with Crippen molar-refractivity contribution in [1.29, 1.82) is 0 Å². The van der Waals surface area contributed by atoms with Crippen LogP contribution in [0.2, 0.25) is 0 Å². The number of hydrogen-bond donors (Lipinski definition) is 3. The number of carbonyl (C=O) groups excluding carboxylic acids is 1. The van der Waals surface area contributed by atoms with Gasteiger partial charge in [0, 0.05) is 17.2 Å². The van der Waals surface area contributed by atoms with E-state index in [2.05, 4.69) is 10.5 Å². The second kappa shape index (κ2) is 4.48. The molecule has 0 heterocycles. The number of hydrogen-bond acceptors (Lipinski definition) is 3. The van der Waals surface area contributed by atoms with Crippen LogP contribution in [0.25, 0.3) is 0 Å². The monoisotopic (exact) mass is 285 g/mol. The maximum absolute atomic E-state index is 12.3. The van der Waals surface area contributed by atoms with Gasteiger partial charge >= 0.3 is 0 Å². The summed E-state index contributed by atoms with van der Waals surface area (Å²) in [5.41, 5.74) is 6.74. The van der Waals surface area contributed by atoms with E-state index in [4.69, 9.17) is 10.9 Å². The van der Waals surface area contributed by atoms with Crippen molar-refractivity contribution in [3.63, 3.8) is 0 Å². The Balaban J connectivity index is 1.42. The fourth-order valence-electron chi connectivity index (χ4n) is 4.60. The molecule has 5 nitrogen and oxygen atoms in total. The molecule has 4 rings (SSSR count). The zero-order valence-electron chi connectivity index (χ0n) is 11.7. The average molecular weight is 285 g/mol. The minimum absolute atomic E-state index is 0.0140. The Morgan fingerprint density at radius 2 is 1.71 bits per heavy atom. The minimum Gasteiger partial charge on any atom is -0.409 e. The summed E-state index contributed by atoms with van der Waals surface area (Å²) >= 11 is 0. The van der Waals surface area contributed by atoms with E-state index in [9.17, 15) is 4.79 Å². The number of nitrogens with zero attached hydrogens (tertiary/aromatic N) is 1. The maximum atomic E-state index is 12.3. The van der Waals surface area contributed by atoms with Gasteiger partial charge in [0.05, 0.1) is 0 Å². The van der Waals surface area contributed by atoms with Crippen LogP contribution in [-0.2, 0) is 0 Å². The molecule has 2 bridgehead atoms. The zero-order chi connectivity index (χ0) is 14.6. The predicted octanol–water partition coefficient (Wildman–Crippen LogP) is 1.56. The van der Waals surface area contributed by atoms with E-state index >= 15 is 0 Å². The van der Waals surface area contributed by atoms with E-state index in [1.54, 1.807) is 24.3 Å². The van der Waals surface area contributed by atoms with Gasteiger partial charge < -0.3 is 16.3 Å². The molecule has 110 valence electrons. The van der Waals surface area contributed by atoms with Gasteiger partial charge in [-0.2, -0.15) is 0 Å². The van der Waals surface area contributed by atoms with Gasteiger partial charge in [-0.05, 0) is 55.1 Å². The fraction of sp³-hybridized carbons (Fsp3) is 0.500. The number of fused-ring (bicyclic) bond motifs is 5. The third-order valence-corrected chi connectivity index (χ3v) is 5.58. The molecule has 1 amide bonds. The highest BCUT2D eigenvalue weighted by Gasteiger charge is 2.65. The molecule has 0 radical (unpaired) electrons. The molecule has 21 heavy (non-hydrogen) atoms. The third kappa shape index (κ3) is 1.91. The SMILES string of the molecule is N/C(=N/O)c1ccc(C(=O)NC2C3C4CCC(C4)C23)cc1. The van der Waals surface area contributed by atoms with Crippen molar-refractivity contribution in [2.24, 2.45) is 34.6 Å². The molecule has 4 unspecified atom stereocenters. The first kappa shape index (κ1) is 12.7. The Bertz CT molecular complexity index is 594. The smallest absolute Gasteiger partial charge is 0.251 e. The second-order valence-electron chi connectivity index (χ2n) is 6.55. The summed E-state index contributed by atoms with van der Waals surface area (Å²) in [7, 11) is 0. The number of rotatable bonds is 3. The quantitative estimate of drug-likeness (QED) is 0.341. The fourth-order valence-corrected chi connectivity index (χ4v) is 4.60. The lowest BCUT2D eigenvalue weighted by atomic mass is 10.0. The number of nitrogens with one attached hydrogen (secondary N) is 1. The number of amidine groups is 1. The van der Waals surface area contributed by atoms with Crippen molar-refractivity contribution in [2.45, 2.75) is 25.3 Å². The summed E-state index contributed by atoms with van der Waals surface area (Å²) in [5.74, 6) is 3.23. The summed E-state index contributed by atoms with van der Waals surface area (Å²) in [6.45, 7) is 0. The molecule has 0 aromatic heterocycles. The van der Waals surface area contributed by atoms with E-state index in [0.29, 0.717) is 17.2 Å². The van der Waals surface area contributed by atoms with Crippen LogP contribution in [0.5, 0.6) is 0 Å². The number of oxime groups is 1. The van der Waals surface area contributed by atoms with Crippen molar-refractivity contribution < 1.29 is 10.0 Å². The van der Waals surface area contributed by atoms with Crippen LogP contribution in [0.4, 0.5) is 0 Å². The van der Waals surface area contributed by atoms with Gasteiger partial charge in [0.25, 0.3) is 5.91 Å². The van der Waals surface area contributed by atoms with Crippen LogP contribution in [-0.4, -0.2) is 23.0 Å². The van der Waals surface area contributed by atoms with Gasteiger partial charge in [0.2, 0.25) is 0 Å². The summed E-state index contributed by atoms with van der Waals surface area (Å²) in [6.07, 6.45) is 4.09. The van der Waals surface area contributed by atoms with Crippen LogP contribution in [0.3, 0.4) is 0 Å². The van der Waals surface area contributed by atoms with Crippen molar-refractivity contribution >= 4 is 11.7 Å². The van der Waals surface area contributed by atoms with Crippen molar-refractivity contribution in [1.82, 2.24) is 5.32 Å². The minimum atomic E-state index is -0.0140. The molecule has 4 atom stereocenters. The first-order chi connectivity index (χ1) is 10.2. The van der Waals surface area contributed by atoms with Crippen LogP contribution in [0, 0.1) is 23.7 Å². The van der Waals surface area contributed by atoms with Crippen LogP contribution >= 0.6 is 0 Å². The first-order valence-corrected chi connectivity index (χ1v) is 7.58. The summed E-state index contributed by atoms with van der Waals surface area (Å²) in [5, 5.41) is 14.8. The van der Waals surface area contributed by atoms with Crippen LogP contribution in [0.15, 0.2) is 29.4 Å². The molecule has 3 fully saturated rings. The van der Waals surface area contributed by atoms with Crippen LogP contribution in [0.1, 0.15) is 35.2 Å². The van der Waals surface area contributed by atoms with Gasteiger partial charge in [-0.15, -0.1) is 0 Å². The molecule has 0 aliphatic heterocycles. The largest absolute Gasteiger partial charge is 0.409 e. The van der Waals surface area contributed by atoms with Gasteiger partial charge in [0.15, 0.2) is 5.84 Å². The van der Waals surface area contributed by atoms with Gasteiger partial charge in [-0.3, -0.25) is 4.79 Å². The second-order valence-corrected chi connectivity index (χ2v) is 6.55. The van der Waals surface area contributed by atoms with E-state index in [0.717, 1.165) is 23.7 Å². The molecule has 0 spiro atoms. The van der Waals surface area contributed by atoms with Gasteiger partial charge in [-0.1, -0.05) is 17.3 Å². The third-order valence-electron chi connectivity index (χ3n) is 5.58. The normalized spacial score (nSPS) is 36.4. The Hall–Kier alpha value is -2.04. The number of nitrogens with two attached hydrogens (primary N) is 1. The number of carbonyl (C=O) groups is 1. The van der Waals surface area contributed by atoms with E-state index in [1.807, 2.05) is 0 Å². The van der Waals surface area contributed by atoms with Crippen molar-refractivity contribution in [2.75, 3.05) is 0 Å². The number of amides is 1. The Kier molecular flexibility index (Phi) is 2.71. The molecular formula is C16H19N3O2. The van der Waals surface area contributed by atoms with Gasteiger partial charge in [-0.25, -0.2) is 0 Å². The molecule has 3 aliphatic carbocycles. The summed E-state index contributed by atoms with van der Waals surface area (Å²) in [4.78, 5) is 12.3. The zero-order valence-corrected chi connectivity index (χ0v) is 11.7. The Morgan fingerprint density at radius 3 is 2.29 bits per heavy atom. The first-order valence-electron chi connectivity index (χ1n) is 7.58. The Labute approximate surface area is 123 Å². The maximum Gasteiger partial charge on any atom is 0.251 e. The number of benzene rings is 1. The molecule has 0 saturated heterocycles. The lowest BCUT2D eigenvalue weighted by Crippen LogP contribution is -2.30. The highest BCUT2D eigenvalue weighted by atomic mass is 16.4. The van der Waals surface area contributed by atoms with Crippen LogP contribution < -0.4 is 11.1 Å². The van der Waals surface area contributed by atoms with Crippen molar-refractivity contribution in [3.8, 4) is 0 Å². The molecule has 5 heteroatoms.